The van der Waals surface area contributed by atoms with Gasteiger partial charge in [-0.2, -0.15) is 0 Å². The molecule has 0 radical (unpaired) electrons. The topological polar surface area (TPSA) is 94.2 Å². The fourth-order valence-corrected chi connectivity index (χ4v) is 2.95. The van der Waals surface area contributed by atoms with Gasteiger partial charge in [0.1, 0.15) is 5.02 Å². The van der Waals surface area contributed by atoms with Crippen LogP contribution in [0.2, 0.25) is 10.0 Å². The van der Waals surface area contributed by atoms with Crippen LogP contribution in [-0.2, 0) is 6.54 Å². The Bertz CT molecular complexity index is 1130. The first kappa shape index (κ1) is 19.6. The fraction of sp³-hybridized carbons (Fsp3) is 0.0526. The Morgan fingerprint density at radius 3 is 2.61 bits per heavy atom. The Morgan fingerprint density at radius 2 is 1.89 bits per heavy atom. The van der Waals surface area contributed by atoms with Gasteiger partial charge in [0.2, 0.25) is 0 Å². The van der Waals surface area contributed by atoms with E-state index in [9.17, 15) is 19.7 Å². The van der Waals surface area contributed by atoms with Gasteiger partial charge in [-0.1, -0.05) is 35.3 Å². The highest BCUT2D eigenvalue weighted by atomic mass is 35.5. The molecule has 0 aliphatic carbocycles. The van der Waals surface area contributed by atoms with Crippen molar-refractivity contribution in [1.29, 1.82) is 0 Å². The molecule has 0 bridgehead atoms. The molecule has 9 heteroatoms. The molecule has 1 N–H and O–H groups in total. The van der Waals surface area contributed by atoms with Crippen LogP contribution in [0, 0.1) is 10.1 Å². The molecule has 28 heavy (non-hydrogen) atoms. The number of nitrogens with one attached hydrogen (secondary N) is 1. The molecule has 0 saturated carbocycles. The molecule has 1 aromatic heterocycles. The van der Waals surface area contributed by atoms with E-state index in [4.69, 9.17) is 23.2 Å². The van der Waals surface area contributed by atoms with Crippen molar-refractivity contribution in [2.75, 3.05) is 5.32 Å². The molecule has 3 rings (SSSR count). The average Bonchev–Trinajstić information content (AvgIpc) is 2.65. The molecule has 0 saturated heterocycles. The summed E-state index contributed by atoms with van der Waals surface area (Å²) in [7, 11) is 0. The number of aromatic nitrogens is 1. The first-order valence-electron chi connectivity index (χ1n) is 8.04. The Labute approximate surface area is 169 Å². The van der Waals surface area contributed by atoms with E-state index < -0.39 is 10.8 Å². The minimum absolute atomic E-state index is 0.0296. The monoisotopic (exact) mass is 417 g/mol. The summed E-state index contributed by atoms with van der Waals surface area (Å²) in [4.78, 5) is 34.9. The zero-order valence-electron chi connectivity index (χ0n) is 14.3. The number of anilines is 1. The number of amides is 1. The number of rotatable bonds is 5. The number of benzene rings is 2. The third-order valence-electron chi connectivity index (χ3n) is 3.89. The van der Waals surface area contributed by atoms with E-state index in [-0.39, 0.29) is 34.1 Å². The van der Waals surface area contributed by atoms with Crippen LogP contribution in [0.1, 0.15) is 15.9 Å². The van der Waals surface area contributed by atoms with Crippen molar-refractivity contribution in [2.24, 2.45) is 0 Å². The van der Waals surface area contributed by atoms with E-state index in [1.807, 2.05) is 6.07 Å². The highest BCUT2D eigenvalue weighted by molar-refractivity contribution is 6.32. The van der Waals surface area contributed by atoms with Gasteiger partial charge in [0.15, 0.2) is 0 Å². The summed E-state index contributed by atoms with van der Waals surface area (Å²) in [6.07, 6.45) is 1.42. The summed E-state index contributed by atoms with van der Waals surface area (Å²) < 4.78 is 1.38. The fourth-order valence-electron chi connectivity index (χ4n) is 2.55. The summed E-state index contributed by atoms with van der Waals surface area (Å²) in [6.45, 7) is 0.243. The predicted octanol–water partition coefficient (Wildman–Crippen LogP) is 4.36. The Morgan fingerprint density at radius 1 is 1.11 bits per heavy atom. The summed E-state index contributed by atoms with van der Waals surface area (Å²) >= 11 is 11.7. The van der Waals surface area contributed by atoms with Crippen LogP contribution >= 0.6 is 23.2 Å². The zero-order chi connectivity index (χ0) is 20.3. The minimum atomic E-state index is -0.636. The molecule has 0 spiro atoms. The lowest BCUT2D eigenvalue weighted by atomic mass is 10.2. The van der Waals surface area contributed by atoms with E-state index in [0.717, 1.165) is 5.56 Å². The molecule has 0 atom stereocenters. The molecule has 0 aliphatic rings. The number of hydrogen-bond acceptors (Lipinski definition) is 4. The maximum absolute atomic E-state index is 12.5. The van der Waals surface area contributed by atoms with Crippen LogP contribution in [0.15, 0.2) is 65.6 Å². The number of hydrogen-bond donors (Lipinski definition) is 1. The zero-order valence-corrected chi connectivity index (χ0v) is 15.8. The molecular formula is C19H13Cl2N3O4. The Balaban J connectivity index is 1.84. The summed E-state index contributed by atoms with van der Waals surface area (Å²) in [5, 5.41) is 14.0. The molecular weight excluding hydrogens is 405 g/mol. The molecule has 7 nitrogen and oxygen atoms in total. The van der Waals surface area contributed by atoms with Gasteiger partial charge in [0.05, 0.1) is 17.0 Å². The lowest BCUT2D eigenvalue weighted by Gasteiger charge is -2.10. The van der Waals surface area contributed by atoms with Crippen LogP contribution in [0.4, 0.5) is 11.4 Å². The van der Waals surface area contributed by atoms with E-state index in [1.165, 1.54) is 41.1 Å². The molecule has 1 amide bonds. The van der Waals surface area contributed by atoms with Gasteiger partial charge in [0.25, 0.3) is 17.2 Å². The second-order valence-electron chi connectivity index (χ2n) is 5.89. The van der Waals surface area contributed by atoms with Crippen LogP contribution in [0.5, 0.6) is 0 Å². The van der Waals surface area contributed by atoms with E-state index in [0.29, 0.717) is 5.02 Å². The third-order valence-corrected chi connectivity index (χ3v) is 4.44. The van der Waals surface area contributed by atoms with Crippen molar-refractivity contribution in [3.63, 3.8) is 0 Å². The molecule has 142 valence electrons. The van der Waals surface area contributed by atoms with Crippen LogP contribution in [0.25, 0.3) is 0 Å². The second kappa shape index (κ2) is 8.24. The lowest BCUT2D eigenvalue weighted by molar-refractivity contribution is -0.384. The molecule has 0 aliphatic heterocycles. The van der Waals surface area contributed by atoms with Crippen molar-refractivity contribution < 1.29 is 9.72 Å². The molecule has 0 fully saturated rings. The van der Waals surface area contributed by atoms with Gasteiger partial charge < -0.3 is 9.88 Å². The van der Waals surface area contributed by atoms with Crippen LogP contribution in [0.3, 0.4) is 0 Å². The molecule has 0 unspecified atom stereocenters. The molecule has 1 heterocycles. The van der Waals surface area contributed by atoms with Crippen molar-refractivity contribution in [3.05, 3.63) is 102 Å². The van der Waals surface area contributed by atoms with Crippen molar-refractivity contribution in [1.82, 2.24) is 4.57 Å². The van der Waals surface area contributed by atoms with Gasteiger partial charge >= 0.3 is 0 Å². The minimum Gasteiger partial charge on any atom is -0.322 e. The number of halogens is 2. The number of nitro groups is 1. The van der Waals surface area contributed by atoms with E-state index in [1.54, 1.807) is 18.2 Å². The van der Waals surface area contributed by atoms with Gasteiger partial charge in [-0.05, 0) is 35.9 Å². The highest BCUT2D eigenvalue weighted by Gasteiger charge is 2.15. The quantitative estimate of drug-likeness (QED) is 0.492. The smallest absolute Gasteiger partial charge is 0.289 e. The normalized spacial score (nSPS) is 10.5. The third kappa shape index (κ3) is 4.57. The van der Waals surface area contributed by atoms with Crippen molar-refractivity contribution >= 4 is 40.5 Å². The van der Waals surface area contributed by atoms with E-state index in [2.05, 4.69) is 5.32 Å². The number of nitro benzene ring substituents is 1. The number of carbonyl (C=O) groups is 1. The summed E-state index contributed by atoms with van der Waals surface area (Å²) in [6, 6.07) is 13.7. The first-order chi connectivity index (χ1) is 13.3. The van der Waals surface area contributed by atoms with Crippen molar-refractivity contribution in [3.8, 4) is 0 Å². The Hall–Kier alpha value is -3.16. The van der Waals surface area contributed by atoms with Crippen molar-refractivity contribution in [2.45, 2.75) is 6.54 Å². The average molecular weight is 418 g/mol. The van der Waals surface area contributed by atoms with Crippen LogP contribution < -0.4 is 10.9 Å². The molecule has 3 aromatic rings. The maximum atomic E-state index is 12.5. The van der Waals surface area contributed by atoms with Gasteiger partial charge in [-0.25, -0.2) is 0 Å². The standard InChI is InChI=1S/C19H13Cl2N3O4/c20-14-3-1-2-12(8-14)10-23-11-13(4-7-18(23)25)19(26)22-15-5-6-16(21)17(9-15)24(27)28/h1-9,11H,10H2,(H,22,26). The summed E-state index contributed by atoms with van der Waals surface area (Å²) in [5.41, 5.74) is 0.650. The largest absolute Gasteiger partial charge is 0.322 e. The summed E-state index contributed by atoms with van der Waals surface area (Å²) in [5.74, 6) is -0.517. The van der Waals surface area contributed by atoms with Gasteiger partial charge in [0, 0.05) is 29.0 Å². The van der Waals surface area contributed by atoms with Crippen LogP contribution in [-0.4, -0.2) is 15.4 Å². The number of pyridine rings is 1. The number of nitrogens with zero attached hydrogens (tertiary/aromatic N) is 2. The maximum Gasteiger partial charge on any atom is 0.289 e. The Kier molecular flexibility index (Phi) is 5.77. The lowest BCUT2D eigenvalue weighted by Crippen LogP contribution is -2.22. The predicted molar refractivity (Wildman–Crippen MR) is 107 cm³/mol. The van der Waals surface area contributed by atoms with Gasteiger partial charge in [-0.3, -0.25) is 19.7 Å². The highest BCUT2D eigenvalue weighted by Crippen LogP contribution is 2.27. The van der Waals surface area contributed by atoms with E-state index >= 15 is 0 Å². The molecule has 2 aromatic carbocycles. The second-order valence-corrected chi connectivity index (χ2v) is 6.73. The van der Waals surface area contributed by atoms with Gasteiger partial charge in [-0.15, -0.1) is 0 Å². The number of carbonyl (C=O) groups excluding carboxylic acids is 1. The first-order valence-corrected chi connectivity index (χ1v) is 8.79. The SMILES string of the molecule is O=C(Nc1ccc(Cl)c([N+](=O)[O-])c1)c1ccc(=O)n(Cc2cccc(Cl)c2)c1.